The van der Waals surface area contributed by atoms with E-state index in [-0.39, 0.29) is 19.8 Å². The SMILES string of the molecule is O=C(NCCOCCOCCOCCOCCOCCOCCOCCOCCOC(=O)C(=O)c1ccccc1)OCc1ccccc1. The molecule has 0 aromatic heterocycles. The number of alkyl carbamates (subject to hydrolysis) is 1. The summed E-state index contributed by atoms with van der Waals surface area (Å²) in [7, 11) is 0. The highest BCUT2D eigenvalue weighted by molar-refractivity contribution is 6.40. The number of ketones is 1. The third kappa shape index (κ3) is 23.0. The van der Waals surface area contributed by atoms with Gasteiger partial charge in [-0.1, -0.05) is 60.7 Å². The molecule has 0 unspecified atom stereocenters. The van der Waals surface area contributed by atoms with Crippen molar-refractivity contribution < 1.29 is 61.8 Å². The summed E-state index contributed by atoms with van der Waals surface area (Å²) < 4.78 is 53.4. The van der Waals surface area contributed by atoms with E-state index in [0.29, 0.717) is 111 Å². The Morgan fingerprint density at radius 3 is 1.25 bits per heavy atom. The van der Waals surface area contributed by atoms with Crippen LogP contribution in [0.3, 0.4) is 0 Å². The highest BCUT2D eigenvalue weighted by Crippen LogP contribution is 2.02. The summed E-state index contributed by atoms with van der Waals surface area (Å²) in [6, 6.07) is 17.7. The van der Waals surface area contributed by atoms with Crippen molar-refractivity contribution in [2.24, 2.45) is 0 Å². The number of amides is 1. The topological polar surface area (TPSA) is 156 Å². The summed E-state index contributed by atoms with van der Waals surface area (Å²) in [5.41, 5.74) is 1.22. The van der Waals surface area contributed by atoms with E-state index in [0.717, 1.165) is 5.56 Å². The first-order chi connectivity index (χ1) is 23.7. The van der Waals surface area contributed by atoms with Crippen LogP contribution in [0.1, 0.15) is 15.9 Å². The molecule has 0 aliphatic heterocycles. The molecule has 0 saturated carbocycles. The molecule has 2 aromatic rings. The van der Waals surface area contributed by atoms with E-state index < -0.39 is 17.8 Å². The highest BCUT2D eigenvalue weighted by Gasteiger charge is 2.17. The molecule has 0 fully saturated rings. The van der Waals surface area contributed by atoms with Crippen LogP contribution >= 0.6 is 0 Å². The summed E-state index contributed by atoms with van der Waals surface area (Å²) in [6.07, 6.45) is -0.478. The molecule has 0 heterocycles. The summed E-state index contributed by atoms with van der Waals surface area (Å²) in [5.74, 6) is -1.58. The van der Waals surface area contributed by atoms with E-state index >= 15 is 0 Å². The largest absolute Gasteiger partial charge is 0.457 e. The zero-order valence-corrected chi connectivity index (χ0v) is 27.5. The van der Waals surface area contributed by atoms with Crippen molar-refractivity contribution in [3.8, 4) is 0 Å². The van der Waals surface area contributed by atoms with Crippen LogP contribution in [0.15, 0.2) is 60.7 Å². The van der Waals surface area contributed by atoms with Crippen molar-refractivity contribution in [2.75, 3.05) is 119 Å². The van der Waals surface area contributed by atoms with Crippen molar-refractivity contribution in [2.45, 2.75) is 6.61 Å². The number of Topliss-reactive ketones (excluding diaryl/α,β-unsaturated/α-hetero) is 1. The smallest absolute Gasteiger partial charge is 0.407 e. The highest BCUT2D eigenvalue weighted by atomic mass is 16.6. The molecule has 14 heteroatoms. The molecule has 2 aromatic carbocycles. The maximum absolute atomic E-state index is 11.9. The molecule has 0 atom stereocenters. The van der Waals surface area contributed by atoms with Crippen LogP contribution in [0.5, 0.6) is 0 Å². The van der Waals surface area contributed by atoms with E-state index in [1.54, 1.807) is 30.3 Å². The quantitative estimate of drug-likeness (QED) is 0.0538. The minimum absolute atomic E-state index is 0.00778. The van der Waals surface area contributed by atoms with Gasteiger partial charge in [-0.3, -0.25) is 4.79 Å². The number of hydrogen-bond acceptors (Lipinski definition) is 13. The monoisotopic (exact) mass is 679 g/mol. The second kappa shape index (κ2) is 29.7. The molecule has 0 saturated heterocycles. The number of rotatable bonds is 31. The fourth-order valence-corrected chi connectivity index (χ4v) is 3.61. The van der Waals surface area contributed by atoms with Crippen LogP contribution in [-0.2, 0) is 58.8 Å². The number of carbonyl (C=O) groups is 3. The van der Waals surface area contributed by atoms with Crippen LogP contribution in [0.4, 0.5) is 4.79 Å². The van der Waals surface area contributed by atoms with Gasteiger partial charge in [0.25, 0.3) is 5.78 Å². The van der Waals surface area contributed by atoms with Crippen molar-refractivity contribution in [3.63, 3.8) is 0 Å². The lowest BCUT2D eigenvalue weighted by Crippen LogP contribution is -2.28. The maximum atomic E-state index is 11.9. The molecule has 14 nitrogen and oxygen atoms in total. The summed E-state index contributed by atoms with van der Waals surface area (Å²) in [6.45, 7) is 7.18. The lowest BCUT2D eigenvalue weighted by Gasteiger charge is -2.09. The zero-order valence-electron chi connectivity index (χ0n) is 27.5. The first-order valence-electron chi connectivity index (χ1n) is 16.0. The van der Waals surface area contributed by atoms with Crippen LogP contribution in [-0.4, -0.2) is 137 Å². The third-order valence-corrected chi connectivity index (χ3v) is 6.01. The second-order valence-electron chi connectivity index (χ2n) is 9.72. The van der Waals surface area contributed by atoms with Gasteiger partial charge < -0.3 is 52.7 Å². The van der Waals surface area contributed by atoms with Crippen molar-refractivity contribution in [1.29, 1.82) is 0 Å². The molecule has 0 aliphatic carbocycles. The fourth-order valence-electron chi connectivity index (χ4n) is 3.61. The number of nitrogens with one attached hydrogen (secondary N) is 1. The predicted octanol–water partition coefficient (Wildman–Crippen LogP) is 2.47. The predicted molar refractivity (Wildman–Crippen MR) is 173 cm³/mol. The first kappa shape index (κ1) is 40.7. The van der Waals surface area contributed by atoms with Gasteiger partial charge in [-0.15, -0.1) is 0 Å². The van der Waals surface area contributed by atoms with Gasteiger partial charge in [0.2, 0.25) is 0 Å². The molecule has 1 amide bonds. The van der Waals surface area contributed by atoms with Gasteiger partial charge in [0.1, 0.15) is 13.2 Å². The van der Waals surface area contributed by atoms with Gasteiger partial charge in [-0.25, -0.2) is 9.59 Å². The molecule has 268 valence electrons. The third-order valence-electron chi connectivity index (χ3n) is 6.01. The van der Waals surface area contributed by atoms with Crippen molar-refractivity contribution in [1.82, 2.24) is 5.32 Å². The first-order valence-corrected chi connectivity index (χ1v) is 16.0. The van der Waals surface area contributed by atoms with E-state index in [9.17, 15) is 14.4 Å². The minimum atomic E-state index is -0.902. The van der Waals surface area contributed by atoms with E-state index in [1.807, 2.05) is 30.3 Å². The lowest BCUT2D eigenvalue weighted by atomic mass is 10.1. The molecule has 0 aliphatic rings. The van der Waals surface area contributed by atoms with Gasteiger partial charge in [0, 0.05) is 12.1 Å². The Labute approximate surface area is 282 Å². The standard InChI is InChI=1S/C34H49NO13/c36-32(31-9-5-2-6-10-31)33(37)47-28-27-46-26-25-45-24-23-44-22-21-43-20-19-42-18-17-41-16-15-40-14-13-39-12-11-35-34(38)48-29-30-7-3-1-4-8-30/h1-10H,11-29H2,(H,35,38). The van der Waals surface area contributed by atoms with E-state index in [2.05, 4.69) is 5.32 Å². The van der Waals surface area contributed by atoms with Crippen molar-refractivity contribution in [3.05, 3.63) is 71.8 Å². The van der Waals surface area contributed by atoms with Gasteiger partial charge in [0.15, 0.2) is 0 Å². The van der Waals surface area contributed by atoms with Crippen LogP contribution in [0.2, 0.25) is 0 Å². The normalized spacial score (nSPS) is 10.9. The molecule has 2 rings (SSSR count). The van der Waals surface area contributed by atoms with Gasteiger partial charge in [-0.2, -0.15) is 0 Å². The Kier molecular flexibility index (Phi) is 25.1. The Bertz CT molecular complexity index is 1080. The number of ether oxygens (including phenoxy) is 10. The Hall–Kier alpha value is -3.47. The van der Waals surface area contributed by atoms with E-state index in [1.165, 1.54) is 0 Å². The summed E-state index contributed by atoms with van der Waals surface area (Å²) >= 11 is 0. The molecule has 0 spiro atoms. The number of carbonyl (C=O) groups excluding carboxylic acids is 3. The van der Waals surface area contributed by atoms with Gasteiger partial charge in [0.05, 0.1) is 106 Å². The minimum Gasteiger partial charge on any atom is -0.457 e. The van der Waals surface area contributed by atoms with Gasteiger partial charge >= 0.3 is 12.1 Å². The molecule has 0 bridgehead atoms. The average molecular weight is 680 g/mol. The van der Waals surface area contributed by atoms with Crippen molar-refractivity contribution >= 4 is 17.8 Å². The fraction of sp³-hybridized carbons (Fsp3) is 0.559. The maximum Gasteiger partial charge on any atom is 0.407 e. The second-order valence-corrected chi connectivity index (χ2v) is 9.72. The lowest BCUT2D eigenvalue weighted by molar-refractivity contribution is -0.139. The number of esters is 1. The van der Waals surface area contributed by atoms with Crippen LogP contribution in [0, 0.1) is 0 Å². The number of hydrogen-bond donors (Lipinski definition) is 1. The Morgan fingerprint density at radius 2 is 0.812 bits per heavy atom. The molecular formula is C34H49NO13. The number of benzene rings is 2. The average Bonchev–Trinajstić information content (AvgIpc) is 3.12. The molecule has 1 N–H and O–H groups in total. The molecule has 0 radical (unpaired) electrons. The summed E-state index contributed by atoms with van der Waals surface area (Å²) in [5, 5.41) is 2.63. The van der Waals surface area contributed by atoms with Crippen LogP contribution < -0.4 is 5.32 Å². The molecule has 48 heavy (non-hydrogen) atoms. The van der Waals surface area contributed by atoms with Crippen LogP contribution in [0.25, 0.3) is 0 Å². The van der Waals surface area contributed by atoms with E-state index in [4.69, 9.17) is 47.4 Å². The Balaban J connectivity index is 1.18. The Morgan fingerprint density at radius 1 is 0.438 bits per heavy atom. The van der Waals surface area contributed by atoms with Gasteiger partial charge in [-0.05, 0) is 5.56 Å². The zero-order chi connectivity index (χ0) is 34.2. The summed E-state index contributed by atoms with van der Waals surface area (Å²) in [4.78, 5) is 35.2. The molecular weight excluding hydrogens is 630 g/mol.